The van der Waals surface area contributed by atoms with Gasteiger partial charge in [-0.05, 0) is 34.0 Å². The Morgan fingerprint density at radius 1 is 1.50 bits per heavy atom. The van der Waals surface area contributed by atoms with Crippen molar-refractivity contribution in [1.29, 1.82) is 0 Å². The maximum atomic E-state index is 6.02. The number of nitrogens with two attached hydrogens (primary N) is 1. The molecule has 1 aromatic carbocycles. The van der Waals surface area contributed by atoms with Gasteiger partial charge in [0.25, 0.3) is 0 Å². The van der Waals surface area contributed by atoms with Gasteiger partial charge in [0.15, 0.2) is 0 Å². The molecule has 4 heteroatoms. The molecule has 0 amide bonds. The average molecular weight is 276 g/mol. The Labute approximate surface area is 97.2 Å². The first-order valence-electron chi connectivity index (χ1n) is 4.57. The molecule has 1 aromatic rings. The highest BCUT2D eigenvalue weighted by Crippen LogP contribution is 2.36. The van der Waals surface area contributed by atoms with Gasteiger partial charge in [-0.25, -0.2) is 0 Å². The normalized spacial score (nSPS) is 16.9. The van der Waals surface area contributed by atoms with Crippen LogP contribution in [-0.2, 0) is 0 Å². The molecule has 0 spiro atoms. The summed E-state index contributed by atoms with van der Waals surface area (Å²) in [6.07, 6.45) is 0. The minimum atomic E-state index is 0.716. The molecule has 0 saturated carbocycles. The second kappa shape index (κ2) is 3.63. The van der Waals surface area contributed by atoms with E-state index in [2.05, 4.69) is 27.8 Å². The molecular weight excluding hydrogens is 263 g/mol. The zero-order valence-corrected chi connectivity index (χ0v) is 10.3. The molecule has 76 valence electrons. The van der Waals surface area contributed by atoms with Crippen LogP contribution in [0, 0.1) is 5.92 Å². The van der Waals surface area contributed by atoms with Crippen molar-refractivity contribution in [3.05, 3.63) is 21.6 Å². The van der Waals surface area contributed by atoms with Gasteiger partial charge >= 0.3 is 0 Å². The lowest BCUT2D eigenvalue weighted by molar-refractivity contribution is 0.448. The number of halogens is 2. The third-order valence-corrected chi connectivity index (χ3v) is 3.67. The van der Waals surface area contributed by atoms with E-state index in [0.717, 1.165) is 34.9 Å². The standard InChI is InChI=1S/C10H12BrClN2/c1-6-4-14(5-6)10-3-8(12)7(11)2-9(10)13/h2-3,6H,4-5,13H2,1H3. The highest BCUT2D eigenvalue weighted by molar-refractivity contribution is 9.10. The fourth-order valence-corrected chi connectivity index (χ4v) is 2.24. The Morgan fingerprint density at radius 2 is 2.14 bits per heavy atom. The summed E-state index contributed by atoms with van der Waals surface area (Å²) in [5.74, 6) is 0.761. The molecule has 0 unspecified atom stereocenters. The molecule has 0 bridgehead atoms. The van der Waals surface area contributed by atoms with Crippen molar-refractivity contribution in [3.63, 3.8) is 0 Å². The average Bonchev–Trinajstić information content (AvgIpc) is 2.07. The van der Waals surface area contributed by atoms with E-state index in [1.165, 1.54) is 0 Å². The third-order valence-electron chi connectivity index (χ3n) is 2.47. The number of nitrogen functional groups attached to an aromatic ring is 1. The van der Waals surface area contributed by atoms with Crippen LogP contribution in [0.4, 0.5) is 11.4 Å². The summed E-state index contributed by atoms with van der Waals surface area (Å²) >= 11 is 9.37. The van der Waals surface area contributed by atoms with Gasteiger partial charge in [0.1, 0.15) is 0 Å². The van der Waals surface area contributed by atoms with Crippen LogP contribution in [0.3, 0.4) is 0 Å². The summed E-state index contributed by atoms with van der Waals surface area (Å²) in [7, 11) is 0. The van der Waals surface area contributed by atoms with Crippen LogP contribution >= 0.6 is 27.5 Å². The third kappa shape index (κ3) is 1.71. The fraction of sp³-hybridized carbons (Fsp3) is 0.400. The summed E-state index contributed by atoms with van der Waals surface area (Å²) in [5.41, 5.74) is 7.75. The Kier molecular flexibility index (Phi) is 2.62. The highest BCUT2D eigenvalue weighted by atomic mass is 79.9. The van der Waals surface area contributed by atoms with E-state index in [4.69, 9.17) is 17.3 Å². The zero-order chi connectivity index (χ0) is 10.3. The molecule has 0 radical (unpaired) electrons. The van der Waals surface area contributed by atoms with Gasteiger partial charge in [0.05, 0.1) is 16.4 Å². The van der Waals surface area contributed by atoms with Gasteiger partial charge in [-0.2, -0.15) is 0 Å². The van der Waals surface area contributed by atoms with Crippen LogP contribution < -0.4 is 10.6 Å². The molecule has 2 N–H and O–H groups in total. The van der Waals surface area contributed by atoms with Crippen molar-refractivity contribution in [2.75, 3.05) is 23.7 Å². The lowest BCUT2D eigenvalue weighted by atomic mass is 10.0. The number of rotatable bonds is 1. The van der Waals surface area contributed by atoms with Crippen molar-refractivity contribution >= 4 is 38.9 Å². The van der Waals surface area contributed by atoms with Gasteiger partial charge < -0.3 is 10.6 Å². The molecule has 1 heterocycles. The molecule has 1 aliphatic heterocycles. The second-order valence-electron chi connectivity index (χ2n) is 3.84. The van der Waals surface area contributed by atoms with E-state index in [9.17, 15) is 0 Å². The Bertz CT molecular complexity index is 361. The zero-order valence-electron chi connectivity index (χ0n) is 7.93. The van der Waals surface area contributed by atoms with Crippen molar-refractivity contribution in [1.82, 2.24) is 0 Å². The highest BCUT2D eigenvalue weighted by Gasteiger charge is 2.24. The first kappa shape index (κ1) is 10.1. The summed E-state index contributed by atoms with van der Waals surface area (Å²) in [5, 5.41) is 0.716. The Balaban J connectivity index is 2.30. The van der Waals surface area contributed by atoms with Crippen LogP contribution in [0.25, 0.3) is 0 Å². The van der Waals surface area contributed by atoms with Crippen LogP contribution in [-0.4, -0.2) is 13.1 Å². The smallest absolute Gasteiger partial charge is 0.0615 e. The monoisotopic (exact) mass is 274 g/mol. The largest absolute Gasteiger partial charge is 0.397 e. The number of hydrogen-bond acceptors (Lipinski definition) is 2. The fourth-order valence-electron chi connectivity index (χ4n) is 1.72. The van der Waals surface area contributed by atoms with Crippen LogP contribution in [0.1, 0.15) is 6.92 Å². The van der Waals surface area contributed by atoms with Gasteiger partial charge in [0, 0.05) is 17.6 Å². The first-order valence-corrected chi connectivity index (χ1v) is 5.74. The Hall–Kier alpha value is -0.410. The van der Waals surface area contributed by atoms with E-state index in [1.54, 1.807) is 0 Å². The predicted molar refractivity (Wildman–Crippen MR) is 64.9 cm³/mol. The van der Waals surface area contributed by atoms with Gasteiger partial charge in [-0.1, -0.05) is 18.5 Å². The summed E-state index contributed by atoms with van der Waals surface area (Å²) < 4.78 is 0.856. The van der Waals surface area contributed by atoms with E-state index in [0.29, 0.717) is 5.02 Å². The molecule has 2 nitrogen and oxygen atoms in total. The number of anilines is 2. The minimum Gasteiger partial charge on any atom is -0.397 e. The van der Waals surface area contributed by atoms with Crippen LogP contribution in [0.2, 0.25) is 5.02 Å². The maximum Gasteiger partial charge on any atom is 0.0615 e. The van der Waals surface area contributed by atoms with Crippen molar-refractivity contribution in [3.8, 4) is 0 Å². The molecule has 14 heavy (non-hydrogen) atoms. The van der Waals surface area contributed by atoms with E-state index in [-0.39, 0.29) is 0 Å². The molecule has 0 aliphatic carbocycles. The number of hydrogen-bond donors (Lipinski definition) is 1. The molecule has 2 rings (SSSR count). The Morgan fingerprint density at radius 3 is 2.71 bits per heavy atom. The summed E-state index contributed by atoms with van der Waals surface area (Å²) in [6, 6.07) is 3.79. The van der Waals surface area contributed by atoms with E-state index in [1.807, 2.05) is 12.1 Å². The lowest BCUT2D eigenvalue weighted by Gasteiger charge is -2.39. The van der Waals surface area contributed by atoms with Crippen LogP contribution in [0.15, 0.2) is 16.6 Å². The number of nitrogens with zero attached hydrogens (tertiary/aromatic N) is 1. The predicted octanol–water partition coefficient (Wildman–Crippen LogP) is 3.14. The first-order chi connectivity index (χ1) is 6.58. The second-order valence-corrected chi connectivity index (χ2v) is 5.10. The summed E-state index contributed by atoms with van der Waals surface area (Å²) in [6.45, 7) is 4.37. The maximum absolute atomic E-state index is 6.02. The molecule has 0 atom stereocenters. The molecule has 1 saturated heterocycles. The minimum absolute atomic E-state index is 0.716. The molecule has 1 fully saturated rings. The topological polar surface area (TPSA) is 29.3 Å². The van der Waals surface area contributed by atoms with Crippen LogP contribution in [0.5, 0.6) is 0 Å². The number of benzene rings is 1. The van der Waals surface area contributed by atoms with Gasteiger partial charge in [-0.3, -0.25) is 0 Å². The summed E-state index contributed by atoms with van der Waals surface area (Å²) in [4.78, 5) is 2.25. The van der Waals surface area contributed by atoms with Crippen molar-refractivity contribution in [2.45, 2.75) is 6.92 Å². The van der Waals surface area contributed by atoms with E-state index >= 15 is 0 Å². The quantitative estimate of drug-likeness (QED) is 0.798. The SMILES string of the molecule is CC1CN(c2cc(Cl)c(Br)cc2N)C1. The van der Waals surface area contributed by atoms with Crippen molar-refractivity contribution in [2.24, 2.45) is 5.92 Å². The lowest BCUT2D eigenvalue weighted by Crippen LogP contribution is -2.45. The van der Waals surface area contributed by atoms with Gasteiger partial charge in [0.2, 0.25) is 0 Å². The molecular formula is C10H12BrClN2. The van der Waals surface area contributed by atoms with Crippen molar-refractivity contribution < 1.29 is 0 Å². The molecule has 0 aromatic heterocycles. The van der Waals surface area contributed by atoms with Gasteiger partial charge in [-0.15, -0.1) is 0 Å². The van der Waals surface area contributed by atoms with E-state index < -0.39 is 0 Å². The molecule has 1 aliphatic rings.